The lowest BCUT2D eigenvalue weighted by Gasteiger charge is -2.14. The Hall–Kier alpha value is -1.58. The first-order chi connectivity index (χ1) is 8.20. The number of hydrogen-bond acceptors (Lipinski definition) is 2. The summed E-state index contributed by atoms with van der Waals surface area (Å²) < 4.78 is 0. The molecule has 0 radical (unpaired) electrons. The zero-order chi connectivity index (χ0) is 11.9. The van der Waals surface area contributed by atoms with Gasteiger partial charge in [-0.1, -0.05) is 0 Å². The third kappa shape index (κ3) is 2.12. The van der Waals surface area contributed by atoms with E-state index in [0.29, 0.717) is 11.0 Å². The summed E-state index contributed by atoms with van der Waals surface area (Å²) in [6, 6.07) is 2.94. The van der Waals surface area contributed by atoms with Gasteiger partial charge in [0, 0.05) is 18.8 Å². The Morgan fingerprint density at radius 2 is 2.18 bits per heavy atom. The van der Waals surface area contributed by atoms with Gasteiger partial charge in [-0.2, -0.15) is 0 Å². The van der Waals surface area contributed by atoms with E-state index in [1.165, 1.54) is 37.9 Å². The summed E-state index contributed by atoms with van der Waals surface area (Å²) in [4.78, 5) is 25.2. The van der Waals surface area contributed by atoms with Crippen LogP contribution in [0.5, 0.6) is 0 Å². The molecule has 1 heterocycles. The Labute approximate surface area is 99.4 Å². The van der Waals surface area contributed by atoms with Gasteiger partial charge < -0.3 is 10.3 Å². The van der Waals surface area contributed by atoms with Crippen molar-refractivity contribution in [2.75, 3.05) is 6.54 Å². The van der Waals surface area contributed by atoms with Crippen LogP contribution in [0.2, 0.25) is 0 Å². The predicted octanol–water partition coefficient (Wildman–Crippen LogP) is 1.29. The number of amides is 1. The summed E-state index contributed by atoms with van der Waals surface area (Å²) in [7, 11) is 0. The minimum absolute atomic E-state index is 0.0897. The lowest BCUT2D eigenvalue weighted by Crippen LogP contribution is -2.31. The van der Waals surface area contributed by atoms with Crippen LogP contribution in [0.15, 0.2) is 23.1 Å². The summed E-state index contributed by atoms with van der Waals surface area (Å²) in [5.74, 6) is 0.756. The Bertz CT molecular complexity index is 478. The molecule has 4 heteroatoms. The maximum atomic E-state index is 11.8. The second-order valence-corrected chi connectivity index (χ2v) is 5.26. The number of carbonyl (C=O) groups is 1. The number of rotatable bonds is 4. The zero-order valence-electron chi connectivity index (χ0n) is 9.66. The summed E-state index contributed by atoms with van der Waals surface area (Å²) in [6.07, 6.45) is 6.63. The molecule has 90 valence electrons. The van der Waals surface area contributed by atoms with E-state index >= 15 is 0 Å². The topological polar surface area (TPSA) is 62.0 Å². The predicted molar refractivity (Wildman–Crippen MR) is 63.8 cm³/mol. The van der Waals surface area contributed by atoms with Crippen LogP contribution in [-0.4, -0.2) is 17.4 Å². The smallest absolute Gasteiger partial charge is 0.252 e. The van der Waals surface area contributed by atoms with E-state index in [4.69, 9.17) is 0 Å². The summed E-state index contributed by atoms with van der Waals surface area (Å²) in [5.41, 5.74) is 0.757. The number of carbonyl (C=O) groups excluding carboxylic acids is 1. The fourth-order valence-electron chi connectivity index (χ4n) is 2.50. The molecule has 3 rings (SSSR count). The lowest BCUT2D eigenvalue weighted by atomic mass is 10.0. The largest absolute Gasteiger partial charge is 0.351 e. The van der Waals surface area contributed by atoms with Crippen LogP contribution in [-0.2, 0) is 0 Å². The van der Waals surface area contributed by atoms with E-state index in [1.807, 2.05) is 0 Å². The first-order valence-electron chi connectivity index (χ1n) is 6.17. The molecule has 0 spiro atoms. The Morgan fingerprint density at radius 1 is 1.41 bits per heavy atom. The average Bonchev–Trinajstić information content (AvgIpc) is 3.17. The molecule has 2 N–H and O–H groups in total. The molecule has 0 bridgehead atoms. The number of nitrogens with one attached hydrogen (secondary N) is 2. The van der Waals surface area contributed by atoms with Crippen LogP contribution in [0.4, 0.5) is 0 Å². The summed E-state index contributed by atoms with van der Waals surface area (Å²) in [5, 5.41) is 2.98. The standard InChI is InChI=1S/C13H16N2O2/c16-11-4-1-9(7-14-11)12(17)15-8-13(5-6-13)10-2-3-10/h1,4,7,10H,2-3,5-6,8H2,(H,14,16)(H,15,17). The third-order valence-corrected chi connectivity index (χ3v) is 3.98. The minimum atomic E-state index is -0.182. The van der Waals surface area contributed by atoms with E-state index in [2.05, 4.69) is 10.3 Å². The second kappa shape index (κ2) is 3.72. The van der Waals surface area contributed by atoms with Gasteiger partial charge in [0.2, 0.25) is 5.56 Å². The van der Waals surface area contributed by atoms with Crippen molar-refractivity contribution >= 4 is 5.91 Å². The first kappa shape index (κ1) is 10.6. The van der Waals surface area contributed by atoms with Crippen molar-refractivity contribution in [3.63, 3.8) is 0 Å². The molecule has 17 heavy (non-hydrogen) atoms. The number of H-pyrrole nitrogens is 1. The molecule has 2 aliphatic rings. The highest BCUT2D eigenvalue weighted by atomic mass is 16.1. The molecule has 2 fully saturated rings. The van der Waals surface area contributed by atoms with Crippen LogP contribution < -0.4 is 10.9 Å². The number of aromatic amines is 1. The van der Waals surface area contributed by atoms with E-state index in [9.17, 15) is 9.59 Å². The van der Waals surface area contributed by atoms with Gasteiger partial charge in [0.05, 0.1) is 5.56 Å². The molecule has 2 saturated carbocycles. The van der Waals surface area contributed by atoms with Gasteiger partial charge in [0.15, 0.2) is 0 Å². The Morgan fingerprint density at radius 3 is 2.71 bits per heavy atom. The average molecular weight is 232 g/mol. The first-order valence-corrected chi connectivity index (χ1v) is 6.17. The molecule has 0 aliphatic heterocycles. The molecular weight excluding hydrogens is 216 g/mol. The maximum absolute atomic E-state index is 11.8. The summed E-state index contributed by atoms with van der Waals surface area (Å²) >= 11 is 0. The van der Waals surface area contributed by atoms with Gasteiger partial charge in [-0.25, -0.2) is 0 Å². The third-order valence-electron chi connectivity index (χ3n) is 3.98. The van der Waals surface area contributed by atoms with Crippen molar-refractivity contribution in [2.24, 2.45) is 11.3 Å². The molecule has 2 aliphatic carbocycles. The number of hydrogen-bond donors (Lipinski definition) is 2. The monoisotopic (exact) mass is 232 g/mol. The van der Waals surface area contributed by atoms with Crippen LogP contribution in [0.1, 0.15) is 36.0 Å². The molecule has 4 nitrogen and oxygen atoms in total. The molecule has 1 aromatic heterocycles. The fourth-order valence-corrected chi connectivity index (χ4v) is 2.50. The van der Waals surface area contributed by atoms with Crippen molar-refractivity contribution in [2.45, 2.75) is 25.7 Å². The van der Waals surface area contributed by atoms with Gasteiger partial charge in [-0.3, -0.25) is 9.59 Å². The lowest BCUT2D eigenvalue weighted by molar-refractivity contribution is 0.0942. The second-order valence-electron chi connectivity index (χ2n) is 5.26. The Kier molecular flexibility index (Phi) is 2.31. The highest BCUT2D eigenvalue weighted by Gasteiger charge is 2.53. The van der Waals surface area contributed by atoms with Crippen molar-refractivity contribution in [3.8, 4) is 0 Å². The molecule has 0 aromatic carbocycles. The highest BCUT2D eigenvalue weighted by molar-refractivity contribution is 5.93. The van der Waals surface area contributed by atoms with Gasteiger partial charge in [-0.15, -0.1) is 0 Å². The van der Waals surface area contributed by atoms with Crippen molar-refractivity contribution in [1.82, 2.24) is 10.3 Å². The van der Waals surface area contributed by atoms with Crippen LogP contribution in [0.3, 0.4) is 0 Å². The fraction of sp³-hybridized carbons (Fsp3) is 0.538. The minimum Gasteiger partial charge on any atom is -0.351 e. The molecule has 1 aromatic rings. The van der Waals surface area contributed by atoms with Crippen LogP contribution in [0, 0.1) is 11.3 Å². The van der Waals surface area contributed by atoms with E-state index in [-0.39, 0.29) is 11.5 Å². The van der Waals surface area contributed by atoms with E-state index in [1.54, 1.807) is 6.07 Å². The Balaban J connectivity index is 1.60. The molecule has 0 saturated heterocycles. The molecule has 0 unspecified atom stereocenters. The van der Waals surface area contributed by atoms with Crippen molar-refractivity contribution in [1.29, 1.82) is 0 Å². The van der Waals surface area contributed by atoms with E-state index < -0.39 is 0 Å². The zero-order valence-corrected chi connectivity index (χ0v) is 9.66. The SMILES string of the molecule is O=C(NCC1(C2CC2)CC1)c1ccc(=O)[nH]c1. The van der Waals surface area contributed by atoms with E-state index in [0.717, 1.165) is 12.5 Å². The quantitative estimate of drug-likeness (QED) is 0.821. The summed E-state index contributed by atoms with van der Waals surface area (Å²) in [6.45, 7) is 0.787. The van der Waals surface area contributed by atoms with Crippen LogP contribution >= 0.6 is 0 Å². The maximum Gasteiger partial charge on any atom is 0.252 e. The van der Waals surface area contributed by atoms with Crippen LogP contribution in [0.25, 0.3) is 0 Å². The molecular formula is C13H16N2O2. The number of aromatic nitrogens is 1. The molecule has 1 amide bonds. The van der Waals surface area contributed by atoms with Crippen molar-refractivity contribution < 1.29 is 4.79 Å². The molecule has 0 atom stereocenters. The van der Waals surface area contributed by atoms with Crippen molar-refractivity contribution in [3.05, 3.63) is 34.2 Å². The van der Waals surface area contributed by atoms with Gasteiger partial charge >= 0.3 is 0 Å². The highest BCUT2D eigenvalue weighted by Crippen LogP contribution is 2.60. The van der Waals surface area contributed by atoms with Gasteiger partial charge in [0.25, 0.3) is 5.91 Å². The normalized spacial score (nSPS) is 20.9. The van der Waals surface area contributed by atoms with Gasteiger partial charge in [-0.05, 0) is 43.1 Å². The van der Waals surface area contributed by atoms with Gasteiger partial charge in [0.1, 0.15) is 0 Å². The number of pyridine rings is 1.